The molecule has 0 fully saturated rings. The monoisotopic (exact) mass is 257 g/mol. The van der Waals surface area contributed by atoms with Crippen LogP contribution in [0.5, 0.6) is 0 Å². The molecule has 2 heteroatoms. The molecule has 18 heavy (non-hydrogen) atoms. The highest BCUT2D eigenvalue weighted by atomic mass is 32.2. The number of nitrogens with one attached hydrogen (secondary N) is 1. The smallest absolute Gasteiger partial charge is 0.0480 e. The highest BCUT2D eigenvalue weighted by Crippen LogP contribution is 2.25. The predicted molar refractivity (Wildman–Crippen MR) is 81.5 cm³/mol. The Hall–Kier alpha value is -1.41. The van der Waals surface area contributed by atoms with Gasteiger partial charge in [0.25, 0.3) is 0 Å². The van der Waals surface area contributed by atoms with E-state index in [-0.39, 0.29) is 0 Å². The first-order chi connectivity index (χ1) is 8.70. The van der Waals surface area contributed by atoms with Crippen LogP contribution in [0.1, 0.15) is 16.7 Å². The van der Waals surface area contributed by atoms with E-state index >= 15 is 0 Å². The van der Waals surface area contributed by atoms with E-state index in [0.717, 1.165) is 6.54 Å². The summed E-state index contributed by atoms with van der Waals surface area (Å²) in [6.45, 7) is 5.18. The molecular formula is C16H19NS. The molecule has 0 atom stereocenters. The molecule has 94 valence electrons. The van der Waals surface area contributed by atoms with Crippen molar-refractivity contribution < 1.29 is 0 Å². The molecule has 1 nitrogen and oxygen atoms in total. The van der Waals surface area contributed by atoms with Crippen LogP contribution in [0.15, 0.2) is 47.4 Å². The molecule has 0 aliphatic rings. The Morgan fingerprint density at radius 2 is 1.78 bits per heavy atom. The molecule has 0 spiro atoms. The lowest BCUT2D eigenvalue weighted by molar-refractivity contribution is 1.12. The van der Waals surface area contributed by atoms with Crippen molar-refractivity contribution in [1.82, 2.24) is 0 Å². The van der Waals surface area contributed by atoms with Crippen molar-refractivity contribution >= 4 is 17.4 Å². The third-order valence-electron chi connectivity index (χ3n) is 3.16. The Labute approximate surface area is 114 Å². The van der Waals surface area contributed by atoms with Gasteiger partial charge >= 0.3 is 0 Å². The molecule has 0 bridgehead atoms. The van der Waals surface area contributed by atoms with Crippen LogP contribution in [0, 0.1) is 13.8 Å². The van der Waals surface area contributed by atoms with Crippen molar-refractivity contribution in [2.24, 2.45) is 0 Å². The molecule has 2 aromatic carbocycles. The number of hydrogen-bond acceptors (Lipinski definition) is 2. The molecule has 0 amide bonds. The van der Waals surface area contributed by atoms with Gasteiger partial charge in [0.05, 0.1) is 0 Å². The minimum atomic E-state index is 0.874. The van der Waals surface area contributed by atoms with Gasteiger partial charge in [0.2, 0.25) is 0 Å². The highest BCUT2D eigenvalue weighted by Gasteiger charge is 2.00. The summed E-state index contributed by atoms with van der Waals surface area (Å²) in [7, 11) is 0. The number of anilines is 1. The lowest BCUT2D eigenvalue weighted by Gasteiger charge is -2.11. The van der Waals surface area contributed by atoms with Crippen molar-refractivity contribution in [2.45, 2.75) is 25.3 Å². The average Bonchev–Trinajstić information content (AvgIpc) is 2.40. The van der Waals surface area contributed by atoms with Crippen LogP contribution < -0.4 is 5.32 Å². The molecule has 1 N–H and O–H groups in total. The zero-order valence-corrected chi connectivity index (χ0v) is 12.0. The second-order valence-electron chi connectivity index (χ2n) is 4.47. The van der Waals surface area contributed by atoms with Crippen LogP contribution in [-0.4, -0.2) is 6.26 Å². The second-order valence-corrected chi connectivity index (χ2v) is 5.32. The summed E-state index contributed by atoms with van der Waals surface area (Å²) >= 11 is 1.77. The molecule has 2 rings (SSSR count). The first-order valence-electron chi connectivity index (χ1n) is 6.13. The topological polar surface area (TPSA) is 12.0 Å². The fourth-order valence-corrected chi connectivity index (χ4v) is 2.48. The van der Waals surface area contributed by atoms with Crippen molar-refractivity contribution in [3.63, 3.8) is 0 Å². The molecule has 0 unspecified atom stereocenters. The Kier molecular flexibility index (Phi) is 4.32. The van der Waals surface area contributed by atoms with Gasteiger partial charge in [0.1, 0.15) is 0 Å². The van der Waals surface area contributed by atoms with Crippen LogP contribution >= 0.6 is 11.8 Å². The van der Waals surface area contributed by atoms with Crippen molar-refractivity contribution in [1.29, 1.82) is 0 Å². The van der Waals surface area contributed by atoms with Gasteiger partial charge in [-0.05, 0) is 48.9 Å². The van der Waals surface area contributed by atoms with E-state index in [1.807, 2.05) is 0 Å². The summed E-state index contributed by atoms with van der Waals surface area (Å²) in [6, 6.07) is 15.1. The quantitative estimate of drug-likeness (QED) is 0.801. The number of thioether (sulfide) groups is 1. The van der Waals surface area contributed by atoms with Gasteiger partial charge in [-0.25, -0.2) is 0 Å². The van der Waals surface area contributed by atoms with Gasteiger partial charge in [-0.15, -0.1) is 11.8 Å². The summed E-state index contributed by atoms with van der Waals surface area (Å²) in [6.07, 6.45) is 2.11. The molecule has 2 aromatic rings. The van der Waals surface area contributed by atoms with E-state index in [1.54, 1.807) is 11.8 Å². The third kappa shape index (κ3) is 3.08. The first kappa shape index (κ1) is 13.0. The number of rotatable bonds is 4. The molecule has 0 heterocycles. The highest BCUT2D eigenvalue weighted by molar-refractivity contribution is 7.98. The Bertz CT molecular complexity index is 534. The van der Waals surface area contributed by atoms with E-state index < -0.39 is 0 Å². The standard InChI is InChI=1S/C16H19NS/c1-12-8-9-14(10-13(12)2)11-17-15-6-4-5-7-16(15)18-3/h4-10,17H,11H2,1-3H3. The number of para-hydroxylation sites is 1. The van der Waals surface area contributed by atoms with Crippen molar-refractivity contribution in [3.8, 4) is 0 Å². The number of aryl methyl sites for hydroxylation is 2. The lowest BCUT2D eigenvalue weighted by Crippen LogP contribution is -2.01. The largest absolute Gasteiger partial charge is 0.380 e. The van der Waals surface area contributed by atoms with Crippen LogP contribution in [0.3, 0.4) is 0 Å². The minimum absolute atomic E-state index is 0.874. The normalized spacial score (nSPS) is 10.4. The molecule has 0 aliphatic carbocycles. The summed E-state index contributed by atoms with van der Waals surface area (Å²) in [5.74, 6) is 0. The predicted octanol–water partition coefficient (Wildman–Crippen LogP) is 4.64. The summed E-state index contributed by atoms with van der Waals surface area (Å²) in [4.78, 5) is 1.29. The maximum atomic E-state index is 3.51. The van der Waals surface area contributed by atoms with Gasteiger partial charge in [0, 0.05) is 17.1 Å². The molecule has 0 saturated heterocycles. The van der Waals surface area contributed by atoms with E-state index in [2.05, 4.69) is 67.9 Å². The number of hydrogen-bond donors (Lipinski definition) is 1. The van der Waals surface area contributed by atoms with Gasteiger partial charge < -0.3 is 5.32 Å². The second kappa shape index (κ2) is 5.96. The molecule has 0 aromatic heterocycles. The molecule has 0 saturated carbocycles. The fourth-order valence-electron chi connectivity index (χ4n) is 1.90. The Morgan fingerprint density at radius 3 is 2.50 bits per heavy atom. The summed E-state index contributed by atoms with van der Waals surface area (Å²) < 4.78 is 0. The van der Waals surface area contributed by atoms with E-state index in [4.69, 9.17) is 0 Å². The van der Waals surface area contributed by atoms with Crippen LogP contribution in [0.25, 0.3) is 0 Å². The third-order valence-corrected chi connectivity index (χ3v) is 3.96. The summed E-state index contributed by atoms with van der Waals surface area (Å²) in [5.41, 5.74) is 5.24. The Morgan fingerprint density at radius 1 is 1.00 bits per heavy atom. The van der Waals surface area contributed by atoms with Gasteiger partial charge in [-0.3, -0.25) is 0 Å². The van der Waals surface area contributed by atoms with E-state index in [0.29, 0.717) is 0 Å². The van der Waals surface area contributed by atoms with E-state index in [1.165, 1.54) is 27.3 Å². The summed E-state index contributed by atoms with van der Waals surface area (Å²) in [5, 5.41) is 3.51. The zero-order valence-electron chi connectivity index (χ0n) is 11.2. The number of benzene rings is 2. The maximum absolute atomic E-state index is 3.51. The van der Waals surface area contributed by atoms with Gasteiger partial charge in [-0.2, -0.15) is 0 Å². The maximum Gasteiger partial charge on any atom is 0.0480 e. The zero-order chi connectivity index (χ0) is 13.0. The van der Waals surface area contributed by atoms with Gasteiger partial charge in [-0.1, -0.05) is 30.3 Å². The van der Waals surface area contributed by atoms with Crippen LogP contribution in [0.2, 0.25) is 0 Å². The fraction of sp³-hybridized carbons (Fsp3) is 0.250. The first-order valence-corrected chi connectivity index (χ1v) is 7.36. The van der Waals surface area contributed by atoms with E-state index in [9.17, 15) is 0 Å². The Balaban J connectivity index is 2.09. The van der Waals surface area contributed by atoms with Gasteiger partial charge in [0.15, 0.2) is 0 Å². The SMILES string of the molecule is CSc1ccccc1NCc1ccc(C)c(C)c1. The molecule has 0 radical (unpaired) electrons. The molecular weight excluding hydrogens is 238 g/mol. The van der Waals surface area contributed by atoms with Crippen molar-refractivity contribution in [3.05, 3.63) is 59.2 Å². The molecule has 0 aliphatic heterocycles. The van der Waals surface area contributed by atoms with Crippen molar-refractivity contribution in [2.75, 3.05) is 11.6 Å². The van der Waals surface area contributed by atoms with Crippen LogP contribution in [0.4, 0.5) is 5.69 Å². The lowest BCUT2D eigenvalue weighted by atomic mass is 10.1. The average molecular weight is 257 g/mol. The minimum Gasteiger partial charge on any atom is -0.380 e. The van der Waals surface area contributed by atoms with Crippen LogP contribution in [-0.2, 0) is 6.54 Å².